The number of esters is 1. The Bertz CT molecular complexity index is 235. The van der Waals surface area contributed by atoms with Gasteiger partial charge in [0.1, 0.15) is 5.60 Å². The van der Waals surface area contributed by atoms with Gasteiger partial charge in [0.05, 0.1) is 5.92 Å². The number of allylic oxidation sites excluding steroid dienone is 2. The summed E-state index contributed by atoms with van der Waals surface area (Å²) in [6.07, 6.45) is 6.04. The summed E-state index contributed by atoms with van der Waals surface area (Å²) in [7, 11) is 0. The molecule has 80 valence electrons. The third-order valence-corrected chi connectivity index (χ3v) is 2.46. The molecule has 0 aromatic rings. The molecule has 0 amide bonds. The molecule has 0 spiro atoms. The van der Waals surface area contributed by atoms with Crippen LogP contribution in [0, 0.1) is 11.8 Å². The van der Waals surface area contributed by atoms with Crippen LogP contribution in [0.2, 0.25) is 0 Å². The van der Waals surface area contributed by atoms with Crippen molar-refractivity contribution in [3.8, 4) is 0 Å². The molecule has 2 atom stereocenters. The number of hydrogen-bond donors (Lipinski definition) is 0. The van der Waals surface area contributed by atoms with Crippen LogP contribution in [0.3, 0.4) is 0 Å². The first-order valence-corrected chi connectivity index (χ1v) is 5.28. The van der Waals surface area contributed by atoms with Gasteiger partial charge in [-0.1, -0.05) is 19.1 Å². The van der Waals surface area contributed by atoms with Crippen LogP contribution in [0.1, 0.15) is 40.5 Å². The zero-order valence-corrected chi connectivity index (χ0v) is 9.54. The topological polar surface area (TPSA) is 26.3 Å². The zero-order valence-electron chi connectivity index (χ0n) is 9.54. The molecule has 0 saturated carbocycles. The predicted octanol–water partition coefficient (Wildman–Crippen LogP) is 2.93. The minimum absolute atomic E-state index is 0.0469. The van der Waals surface area contributed by atoms with E-state index in [1.54, 1.807) is 0 Å². The maximum atomic E-state index is 11.8. The fraction of sp³-hybridized carbons (Fsp3) is 0.750. The summed E-state index contributed by atoms with van der Waals surface area (Å²) in [5, 5.41) is 0. The largest absolute Gasteiger partial charge is 0.460 e. The molecule has 1 rings (SSSR count). The lowest BCUT2D eigenvalue weighted by Crippen LogP contribution is -2.32. The summed E-state index contributed by atoms with van der Waals surface area (Å²) in [6, 6.07) is 0. The van der Waals surface area contributed by atoms with E-state index in [4.69, 9.17) is 4.74 Å². The summed E-state index contributed by atoms with van der Waals surface area (Å²) in [5.74, 6) is 0.420. The Morgan fingerprint density at radius 2 is 1.86 bits per heavy atom. The lowest BCUT2D eigenvalue weighted by molar-refractivity contribution is -0.161. The molecular formula is C12H20O2. The number of ether oxygens (including phenoxy) is 1. The Morgan fingerprint density at radius 3 is 2.36 bits per heavy atom. The first-order chi connectivity index (χ1) is 6.40. The first kappa shape index (κ1) is 11.3. The van der Waals surface area contributed by atoms with Crippen LogP contribution in [0.5, 0.6) is 0 Å². The molecule has 0 saturated heterocycles. The first-order valence-electron chi connectivity index (χ1n) is 5.28. The zero-order chi connectivity index (χ0) is 10.8. The minimum atomic E-state index is -0.363. The van der Waals surface area contributed by atoms with E-state index in [1.165, 1.54) is 0 Å². The van der Waals surface area contributed by atoms with Crippen molar-refractivity contribution in [1.82, 2.24) is 0 Å². The highest BCUT2D eigenvalue weighted by atomic mass is 16.6. The number of hydrogen-bond acceptors (Lipinski definition) is 2. The lowest BCUT2D eigenvalue weighted by Gasteiger charge is -2.28. The van der Waals surface area contributed by atoms with Crippen molar-refractivity contribution in [3.05, 3.63) is 12.2 Å². The highest BCUT2D eigenvalue weighted by Crippen LogP contribution is 2.27. The van der Waals surface area contributed by atoms with Crippen molar-refractivity contribution in [2.75, 3.05) is 0 Å². The molecule has 0 fully saturated rings. The van der Waals surface area contributed by atoms with Crippen molar-refractivity contribution < 1.29 is 9.53 Å². The maximum Gasteiger partial charge on any atom is 0.310 e. The SMILES string of the molecule is C[C@H]1CC=CC[C@@H]1C(=O)OC(C)(C)C. The molecule has 0 aromatic heterocycles. The minimum Gasteiger partial charge on any atom is -0.460 e. The van der Waals surface area contributed by atoms with Gasteiger partial charge in [-0.3, -0.25) is 4.79 Å². The van der Waals surface area contributed by atoms with Crippen molar-refractivity contribution in [3.63, 3.8) is 0 Å². The van der Waals surface area contributed by atoms with E-state index in [0.29, 0.717) is 5.92 Å². The Balaban J connectivity index is 2.56. The Morgan fingerprint density at radius 1 is 1.29 bits per heavy atom. The van der Waals surface area contributed by atoms with Crippen LogP contribution < -0.4 is 0 Å². The van der Waals surface area contributed by atoms with E-state index in [1.807, 2.05) is 20.8 Å². The standard InChI is InChI=1S/C12H20O2/c1-9-7-5-6-8-10(9)11(13)14-12(2,3)4/h5-6,9-10H,7-8H2,1-4H3/t9-,10-/m0/s1. The van der Waals surface area contributed by atoms with Gasteiger partial charge in [-0.2, -0.15) is 0 Å². The molecule has 0 radical (unpaired) electrons. The molecule has 0 bridgehead atoms. The summed E-state index contributed by atoms with van der Waals surface area (Å²) in [4.78, 5) is 11.8. The van der Waals surface area contributed by atoms with Crippen molar-refractivity contribution in [1.29, 1.82) is 0 Å². The number of rotatable bonds is 1. The lowest BCUT2D eigenvalue weighted by atomic mass is 9.84. The Labute approximate surface area is 86.3 Å². The Kier molecular flexibility index (Phi) is 3.35. The quantitative estimate of drug-likeness (QED) is 0.476. The molecule has 14 heavy (non-hydrogen) atoms. The van der Waals surface area contributed by atoms with E-state index in [9.17, 15) is 4.79 Å². The summed E-state index contributed by atoms with van der Waals surface area (Å²) in [5.41, 5.74) is -0.363. The molecular weight excluding hydrogens is 176 g/mol. The molecule has 0 aromatic carbocycles. The van der Waals surface area contributed by atoms with Gasteiger partial charge in [0, 0.05) is 0 Å². The molecule has 2 heteroatoms. The number of carbonyl (C=O) groups excluding carboxylic acids is 1. The van der Waals surface area contributed by atoms with Crippen LogP contribution in [0.15, 0.2) is 12.2 Å². The van der Waals surface area contributed by atoms with Gasteiger partial charge in [-0.15, -0.1) is 0 Å². The van der Waals surface area contributed by atoms with Gasteiger partial charge in [-0.05, 0) is 39.5 Å². The third-order valence-electron chi connectivity index (χ3n) is 2.46. The van der Waals surface area contributed by atoms with Crippen LogP contribution >= 0.6 is 0 Å². The van der Waals surface area contributed by atoms with Crippen molar-refractivity contribution in [2.45, 2.75) is 46.1 Å². The van der Waals surface area contributed by atoms with E-state index in [-0.39, 0.29) is 17.5 Å². The molecule has 0 aliphatic heterocycles. The smallest absolute Gasteiger partial charge is 0.310 e. The average Bonchev–Trinajstić information content (AvgIpc) is 2.01. The monoisotopic (exact) mass is 196 g/mol. The normalized spacial score (nSPS) is 27.4. The summed E-state index contributed by atoms with van der Waals surface area (Å²) >= 11 is 0. The molecule has 0 N–H and O–H groups in total. The van der Waals surface area contributed by atoms with Crippen molar-refractivity contribution in [2.24, 2.45) is 11.8 Å². The second-order valence-electron chi connectivity index (χ2n) is 5.06. The second-order valence-corrected chi connectivity index (χ2v) is 5.06. The Hall–Kier alpha value is -0.790. The third kappa shape index (κ3) is 3.17. The van der Waals surface area contributed by atoms with E-state index >= 15 is 0 Å². The molecule has 2 nitrogen and oxygen atoms in total. The van der Waals surface area contributed by atoms with Crippen LogP contribution in [0.25, 0.3) is 0 Å². The van der Waals surface area contributed by atoms with Gasteiger partial charge in [0.25, 0.3) is 0 Å². The predicted molar refractivity (Wildman–Crippen MR) is 56.9 cm³/mol. The van der Waals surface area contributed by atoms with Crippen LogP contribution in [-0.4, -0.2) is 11.6 Å². The van der Waals surface area contributed by atoms with E-state index in [0.717, 1.165) is 12.8 Å². The van der Waals surface area contributed by atoms with Gasteiger partial charge in [0.2, 0.25) is 0 Å². The molecule has 1 aliphatic carbocycles. The number of carbonyl (C=O) groups is 1. The van der Waals surface area contributed by atoms with Crippen molar-refractivity contribution >= 4 is 5.97 Å². The van der Waals surface area contributed by atoms with Gasteiger partial charge >= 0.3 is 5.97 Å². The average molecular weight is 196 g/mol. The fourth-order valence-electron chi connectivity index (χ4n) is 1.66. The van der Waals surface area contributed by atoms with Gasteiger partial charge in [-0.25, -0.2) is 0 Å². The molecule has 0 heterocycles. The maximum absolute atomic E-state index is 11.8. The van der Waals surface area contributed by atoms with Gasteiger partial charge < -0.3 is 4.74 Å². The van der Waals surface area contributed by atoms with Gasteiger partial charge in [0.15, 0.2) is 0 Å². The van der Waals surface area contributed by atoms with Crippen LogP contribution in [0.4, 0.5) is 0 Å². The molecule has 1 aliphatic rings. The van der Waals surface area contributed by atoms with E-state index < -0.39 is 0 Å². The highest BCUT2D eigenvalue weighted by Gasteiger charge is 2.29. The molecule has 0 unspecified atom stereocenters. The summed E-state index contributed by atoms with van der Waals surface area (Å²) in [6.45, 7) is 7.84. The van der Waals surface area contributed by atoms with E-state index in [2.05, 4.69) is 19.1 Å². The highest BCUT2D eigenvalue weighted by molar-refractivity contribution is 5.73. The second kappa shape index (κ2) is 4.16. The summed E-state index contributed by atoms with van der Waals surface area (Å²) < 4.78 is 5.37. The fourth-order valence-corrected chi connectivity index (χ4v) is 1.66. The van der Waals surface area contributed by atoms with Crippen LogP contribution in [-0.2, 0) is 9.53 Å².